The molecule has 0 aliphatic rings. The molecular weight excluding hydrogens is 434 g/mol. The maximum Gasteiger partial charge on any atom is 0.318 e. The molecule has 0 spiro atoms. The highest BCUT2D eigenvalue weighted by Crippen LogP contribution is 2.22. The molecule has 0 aliphatic heterocycles. The van der Waals surface area contributed by atoms with Crippen LogP contribution in [0.5, 0.6) is 5.75 Å². The predicted molar refractivity (Wildman–Crippen MR) is 118 cm³/mol. The summed E-state index contributed by atoms with van der Waals surface area (Å²) >= 11 is 0. The highest BCUT2D eigenvalue weighted by molar-refractivity contribution is 7.87. The van der Waals surface area contributed by atoms with Crippen molar-refractivity contribution in [1.29, 1.82) is 0 Å². The van der Waals surface area contributed by atoms with Crippen molar-refractivity contribution in [1.82, 2.24) is 14.0 Å². The quantitative estimate of drug-likeness (QED) is 0.452. The van der Waals surface area contributed by atoms with E-state index in [9.17, 15) is 13.2 Å². The Morgan fingerprint density at radius 1 is 1.16 bits per heavy atom. The van der Waals surface area contributed by atoms with E-state index in [4.69, 9.17) is 14.3 Å². The van der Waals surface area contributed by atoms with Gasteiger partial charge in [0.15, 0.2) is 0 Å². The Balaban J connectivity index is 1.57. The highest BCUT2D eigenvalue weighted by Gasteiger charge is 2.23. The Morgan fingerprint density at radius 2 is 1.84 bits per heavy atom. The number of hydrogen-bond acceptors (Lipinski definition) is 6. The van der Waals surface area contributed by atoms with Crippen LogP contribution in [0.15, 0.2) is 59.0 Å². The van der Waals surface area contributed by atoms with Gasteiger partial charge < -0.3 is 14.3 Å². The van der Waals surface area contributed by atoms with Gasteiger partial charge in [-0.3, -0.25) is 4.79 Å². The van der Waals surface area contributed by atoms with E-state index in [2.05, 4.69) is 9.71 Å². The van der Waals surface area contributed by atoms with E-state index >= 15 is 0 Å². The summed E-state index contributed by atoms with van der Waals surface area (Å²) < 4.78 is 38.5. The number of aryl methyl sites for hydroxylation is 1. The van der Waals surface area contributed by atoms with Gasteiger partial charge in [0.2, 0.25) is 5.89 Å². The van der Waals surface area contributed by atoms with Crippen molar-refractivity contribution in [2.24, 2.45) is 0 Å². The molecular formula is C22H25N3O6S. The standard InChI is InChI=1S/C22H25N3O6S/c1-16-20(24-22(31-16)18-6-4-3-5-7-18)12-13-30-19-10-8-17(9-11-19)14-25(15-21(26)27)32(28,29)23-2/h3-11,23H,12-15H2,1-2H3,(H,26,27). The minimum absolute atomic E-state index is 0.0733. The second-order valence-electron chi connectivity index (χ2n) is 7.00. The molecule has 10 heteroatoms. The number of carboxylic acids is 1. The molecule has 3 rings (SSSR count). The molecule has 32 heavy (non-hydrogen) atoms. The number of hydrogen-bond donors (Lipinski definition) is 2. The third-order valence-corrected chi connectivity index (χ3v) is 6.17. The molecule has 0 fully saturated rings. The van der Waals surface area contributed by atoms with E-state index in [-0.39, 0.29) is 6.54 Å². The topological polar surface area (TPSA) is 122 Å². The largest absolute Gasteiger partial charge is 0.493 e. The number of nitrogens with one attached hydrogen (secondary N) is 1. The number of oxazole rings is 1. The maximum absolute atomic E-state index is 12.0. The summed E-state index contributed by atoms with van der Waals surface area (Å²) in [5.74, 6) is 0.693. The van der Waals surface area contributed by atoms with Gasteiger partial charge in [0.25, 0.3) is 10.2 Å². The monoisotopic (exact) mass is 459 g/mol. The number of aliphatic carboxylic acids is 1. The third kappa shape index (κ3) is 6.16. The normalized spacial score (nSPS) is 11.6. The minimum Gasteiger partial charge on any atom is -0.493 e. The fraction of sp³-hybridized carbons (Fsp3) is 0.273. The molecule has 170 valence electrons. The first-order chi connectivity index (χ1) is 15.3. The fourth-order valence-electron chi connectivity index (χ4n) is 3.03. The molecule has 0 atom stereocenters. The lowest BCUT2D eigenvalue weighted by molar-refractivity contribution is -0.137. The first-order valence-corrected chi connectivity index (χ1v) is 11.4. The molecule has 2 aromatic carbocycles. The third-order valence-electron chi connectivity index (χ3n) is 4.71. The minimum atomic E-state index is -3.88. The van der Waals surface area contributed by atoms with Crippen LogP contribution in [0.3, 0.4) is 0 Å². The number of carbonyl (C=O) groups is 1. The Hall–Kier alpha value is -3.21. The molecule has 0 amide bonds. The second-order valence-corrected chi connectivity index (χ2v) is 8.88. The number of benzene rings is 2. The van der Waals surface area contributed by atoms with Crippen molar-refractivity contribution in [2.75, 3.05) is 20.2 Å². The Bertz CT molecular complexity index is 1140. The van der Waals surface area contributed by atoms with E-state index in [1.165, 1.54) is 7.05 Å². The van der Waals surface area contributed by atoms with E-state index < -0.39 is 22.7 Å². The average molecular weight is 460 g/mol. The van der Waals surface area contributed by atoms with Crippen molar-refractivity contribution in [3.63, 3.8) is 0 Å². The average Bonchev–Trinajstić information content (AvgIpc) is 3.15. The summed E-state index contributed by atoms with van der Waals surface area (Å²) in [5.41, 5.74) is 2.37. The summed E-state index contributed by atoms with van der Waals surface area (Å²) in [5, 5.41) is 8.98. The van der Waals surface area contributed by atoms with Gasteiger partial charge in [0.1, 0.15) is 18.1 Å². The van der Waals surface area contributed by atoms with Crippen molar-refractivity contribution in [3.05, 3.63) is 71.6 Å². The Morgan fingerprint density at radius 3 is 2.47 bits per heavy atom. The van der Waals surface area contributed by atoms with Crippen LogP contribution in [-0.2, 0) is 28.0 Å². The molecule has 0 radical (unpaired) electrons. The first-order valence-electron chi connectivity index (χ1n) is 9.92. The van der Waals surface area contributed by atoms with Crippen LogP contribution in [0.4, 0.5) is 0 Å². The van der Waals surface area contributed by atoms with E-state index in [1.54, 1.807) is 24.3 Å². The van der Waals surface area contributed by atoms with Crippen LogP contribution >= 0.6 is 0 Å². The number of ether oxygens (including phenoxy) is 1. The molecule has 9 nitrogen and oxygen atoms in total. The zero-order valence-electron chi connectivity index (χ0n) is 17.8. The summed E-state index contributed by atoms with van der Waals surface area (Å²) in [6.45, 7) is 1.55. The Labute approximate surface area is 186 Å². The van der Waals surface area contributed by atoms with Gasteiger partial charge >= 0.3 is 5.97 Å². The molecule has 0 aliphatic carbocycles. The van der Waals surface area contributed by atoms with Crippen LogP contribution in [0.2, 0.25) is 0 Å². The lowest BCUT2D eigenvalue weighted by Gasteiger charge is -2.19. The smallest absolute Gasteiger partial charge is 0.318 e. The first kappa shape index (κ1) is 23.5. The summed E-state index contributed by atoms with van der Waals surface area (Å²) in [4.78, 5) is 15.5. The summed E-state index contributed by atoms with van der Waals surface area (Å²) in [6, 6.07) is 16.5. The lowest BCUT2D eigenvalue weighted by Crippen LogP contribution is -2.41. The summed E-state index contributed by atoms with van der Waals surface area (Å²) in [7, 11) is -2.64. The number of carboxylic acid groups (broad SMARTS) is 1. The van der Waals surface area contributed by atoms with Gasteiger partial charge in [-0.2, -0.15) is 12.7 Å². The van der Waals surface area contributed by atoms with Gasteiger partial charge in [-0.05, 0) is 36.8 Å². The van der Waals surface area contributed by atoms with Crippen molar-refractivity contribution >= 4 is 16.2 Å². The maximum atomic E-state index is 12.0. The predicted octanol–water partition coefficient (Wildman–Crippen LogP) is 2.62. The second kappa shape index (κ2) is 10.4. The molecule has 1 heterocycles. The van der Waals surface area contributed by atoms with Crippen molar-refractivity contribution in [3.8, 4) is 17.2 Å². The summed E-state index contributed by atoms with van der Waals surface area (Å²) in [6.07, 6.45) is 0.566. The van der Waals surface area contributed by atoms with E-state index in [1.807, 2.05) is 37.3 Å². The zero-order chi connectivity index (χ0) is 23.1. The van der Waals surface area contributed by atoms with Crippen LogP contribution in [0.1, 0.15) is 17.0 Å². The van der Waals surface area contributed by atoms with Gasteiger partial charge in [-0.15, -0.1) is 0 Å². The molecule has 2 N–H and O–H groups in total. The SMILES string of the molecule is CNS(=O)(=O)N(CC(=O)O)Cc1ccc(OCCc2nc(-c3ccccc3)oc2C)cc1. The fourth-order valence-corrected chi connectivity index (χ4v) is 3.89. The molecule has 0 unspecified atom stereocenters. The lowest BCUT2D eigenvalue weighted by atomic mass is 10.2. The Kier molecular flexibility index (Phi) is 7.62. The molecule has 0 bridgehead atoms. The van der Waals surface area contributed by atoms with Gasteiger partial charge in [-0.1, -0.05) is 30.3 Å². The van der Waals surface area contributed by atoms with Crippen LogP contribution in [0.25, 0.3) is 11.5 Å². The van der Waals surface area contributed by atoms with Gasteiger partial charge in [-0.25, -0.2) is 9.71 Å². The number of aromatic nitrogens is 1. The van der Waals surface area contributed by atoms with Gasteiger partial charge in [0, 0.05) is 25.6 Å². The zero-order valence-corrected chi connectivity index (χ0v) is 18.6. The van der Waals surface area contributed by atoms with Crippen LogP contribution in [0, 0.1) is 6.92 Å². The number of nitrogens with zero attached hydrogens (tertiary/aromatic N) is 2. The van der Waals surface area contributed by atoms with Gasteiger partial charge in [0.05, 0.1) is 12.3 Å². The molecule has 0 saturated heterocycles. The molecule has 1 aromatic heterocycles. The van der Waals surface area contributed by atoms with Crippen LogP contribution < -0.4 is 9.46 Å². The van der Waals surface area contributed by atoms with E-state index in [0.717, 1.165) is 21.3 Å². The van der Waals surface area contributed by atoms with Crippen LogP contribution in [-0.4, -0.2) is 49.0 Å². The van der Waals surface area contributed by atoms with Crippen molar-refractivity contribution in [2.45, 2.75) is 19.9 Å². The molecule has 0 saturated carbocycles. The van der Waals surface area contributed by atoms with Crippen molar-refractivity contribution < 1.29 is 27.5 Å². The van der Waals surface area contributed by atoms with E-state index in [0.29, 0.717) is 30.2 Å². The highest BCUT2D eigenvalue weighted by atomic mass is 32.2. The number of rotatable bonds is 11. The molecule has 3 aromatic rings.